The van der Waals surface area contributed by atoms with Gasteiger partial charge in [-0.3, -0.25) is 4.79 Å². The quantitative estimate of drug-likeness (QED) is 0.800. The molecule has 2 heterocycles. The van der Waals surface area contributed by atoms with Gasteiger partial charge in [0.05, 0.1) is 17.9 Å². The van der Waals surface area contributed by atoms with Gasteiger partial charge in [0, 0.05) is 5.56 Å². The molecule has 0 saturated heterocycles. The van der Waals surface area contributed by atoms with Gasteiger partial charge in [-0.15, -0.1) is 0 Å². The number of carbonyl (C=O) groups is 1. The second-order valence-electron chi connectivity index (χ2n) is 5.69. The van der Waals surface area contributed by atoms with Gasteiger partial charge >= 0.3 is 0 Å². The number of nitrogens with one attached hydrogen (secondary N) is 1. The molecule has 5 nitrogen and oxygen atoms in total. The molecule has 6 heteroatoms. The zero-order valence-corrected chi connectivity index (χ0v) is 14.6. The first-order chi connectivity index (χ1) is 11.0. The predicted molar refractivity (Wildman–Crippen MR) is 92.1 cm³/mol. The molecule has 0 unspecified atom stereocenters. The molecular weight excluding hydrogens is 308 g/mol. The molecule has 120 valence electrons. The minimum Gasteiger partial charge on any atom is -0.346 e. The maximum absolute atomic E-state index is 12.5. The van der Waals surface area contributed by atoms with Crippen LogP contribution in [0.2, 0.25) is 0 Å². The molecule has 2 aromatic heterocycles. The van der Waals surface area contributed by atoms with Crippen molar-refractivity contribution in [3.8, 4) is 0 Å². The molecule has 0 aliphatic heterocycles. The Bertz CT molecular complexity index is 878. The SMILES string of the molecule is CCc1nn2c(CNC(=O)c3cc(C)ccc3C)c(C)nc2s1. The molecule has 0 radical (unpaired) electrons. The molecular formula is C17H20N4OS. The molecule has 3 rings (SSSR count). The van der Waals surface area contributed by atoms with E-state index >= 15 is 0 Å². The van der Waals surface area contributed by atoms with Crippen LogP contribution in [0.1, 0.15) is 44.8 Å². The van der Waals surface area contributed by atoms with E-state index in [2.05, 4.69) is 22.3 Å². The number of amides is 1. The van der Waals surface area contributed by atoms with E-state index in [0.717, 1.165) is 44.5 Å². The summed E-state index contributed by atoms with van der Waals surface area (Å²) in [6.45, 7) is 8.39. The lowest BCUT2D eigenvalue weighted by atomic mass is 10.1. The third kappa shape index (κ3) is 2.99. The van der Waals surface area contributed by atoms with Crippen LogP contribution in [0.5, 0.6) is 0 Å². The molecule has 0 aliphatic rings. The maximum Gasteiger partial charge on any atom is 0.251 e. The topological polar surface area (TPSA) is 59.3 Å². The molecule has 0 bridgehead atoms. The van der Waals surface area contributed by atoms with Gasteiger partial charge in [-0.2, -0.15) is 5.10 Å². The first kappa shape index (κ1) is 15.7. The Morgan fingerprint density at radius 2 is 2.09 bits per heavy atom. The summed E-state index contributed by atoms with van der Waals surface area (Å²) in [5.41, 5.74) is 4.62. The van der Waals surface area contributed by atoms with Crippen molar-refractivity contribution < 1.29 is 4.79 Å². The fraction of sp³-hybridized carbons (Fsp3) is 0.353. The molecule has 1 amide bonds. The summed E-state index contributed by atoms with van der Waals surface area (Å²) in [4.78, 5) is 17.9. The smallest absolute Gasteiger partial charge is 0.251 e. The van der Waals surface area contributed by atoms with Crippen LogP contribution >= 0.6 is 11.3 Å². The molecule has 1 N–H and O–H groups in total. The Kier molecular flexibility index (Phi) is 4.17. The average Bonchev–Trinajstić information content (AvgIpc) is 3.04. The van der Waals surface area contributed by atoms with Gasteiger partial charge in [0.1, 0.15) is 5.01 Å². The Morgan fingerprint density at radius 3 is 2.83 bits per heavy atom. The summed E-state index contributed by atoms with van der Waals surface area (Å²) in [5.74, 6) is -0.0634. The lowest BCUT2D eigenvalue weighted by Crippen LogP contribution is -2.25. The molecule has 1 aromatic carbocycles. The first-order valence-corrected chi connectivity index (χ1v) is 8.50. The number of aromatic nitrogens is 3. The Balaban J connectivity index is 1.82. The number of hydrogen-bond donors (Lipinski definition) is 1. The highest BCUT2D eigenvalue weighted by Crippen LogP contribution is 2.19. The van der Waals surface area contributed by atoms with Crippen LogP contribution in [0, 0.1) is 20.8 Å². The van der Waals surface area contributed by atoms with Crippen LogP contribution < -0.4 is 5.32 Å². The number of aryl methyl sites for hydroxylation is 4. The van der Waals surface area contributed by atoms with Gasteiger partial charge in [0.25, 0.3) is 5.91 Å². The van der Waals surface area contributed by atoms with Crippen molar-refractivity contribution in [1.29, 1.82) is 0 Å². The summed E-state index contributed by atoms with van der Waals surface area (Å²) in [7, 11) is 0. The van der Waals surface area contributed by atoms with Crippen molar-refractivity contribution >= 4 is 22.2 Å². The van der Waals surface area contributed by atoms with Crippen molar-refractivity contribution in [2.75, 3.05) is 0 Å². The second kappa shape index (κ2) is 6.12. The number of fused-ring (bicyclic) bond motifs is 1. The van der Waals surface area contributed by atoms with Crippen molar-refractivity contribution in [2.45, 2.75) is 40.7 Å². The summed E-state index contributed by atoms with van der Waals surface area (Å²) >= 11 is 1.60. The summed E-state index contributed by atoms with van der Waals surface area (Å²) in [6, 6.07) is 5.90. The number of hydrogen-bond acceptors (Lipinski definition) is 4. The second-order valence-corrected chi connectivity index (χ2v) is 6.73. The van der Waals surface area contributed by atoms with Crippen LogP contribution in [0.15, 0.2) is 18.2 Å². The highest BCUT2D eigenvalue weighted by atomic mass is 32.1. The van der Waals surface area contributed by atoms with Crippen molar-refractivity contribution in [3.63, 3.8) is 0 Å². The van der Waals surface area contributed by atoms with Crippen LogP contribution in [0.3, 0.4) is 0 Å². The molecule has 0 spiro atoms. The fourth-order valence-corrected chi connectivity index (χ4v) is 3.41. The molecule has 3 aromatic rings. The normalized spacial score (nSPS) is 11.1. The van der Waals surface area contributed by atoms with E-state index < -0.39 is 0 Å². The van der Waals surface area contributed by atoms with Gasteiger partial charge in [-0.1, -0.05) is 36.0 Å². The van der Waals surface area contributed by atoms with Crippen LogP contribution in [0.25, 0.3) is 4.96 Å². The van der Waals surface area contributed by atoms with Crippen molar-refractivity contribution in [1.82, 2.24) is 19.9 Å². The highest BCUT2D eigenvalue weighted by Gasteiger charge is 2.15. The van der Waals surface area contributed by atoms with E-state index in [4.69, 9.17) is 0 Å². The summed E-state index contributed by atoms with van der Waals surface area (Å²) < 4.78 is 1.85. The van der Waals surface area contributed by atoms with Crippen molar-refractivity contribution in [3.05, 3.63) is 51.3 Å². The van der Waals surface area contributed by atoms with E-state index in [9.17, 15) is 4.79 Å². The van der Waals surface area contributed by atoms with E-state index in [1.165, 1.54) is 0 Å². The molecule has 0 saturated carbocycles. The highest BCUT2D eigenvalue weighted by molar-refractivity contribution is 7.16. The number of nitrogens with zero attached hydrogens (tertiary/aromatic N) is 3. The fourth-order valence-electron chi connectivity index (χ4n) is 2.52. The average molecular weight is 328 g/mol. The number of benzene rings is 1. The van der Waals surface area contributed by atoms with Crippen LogP contribution in [-0.4, -0.2) is 20.5 Å². The van der Waals surface area contributed by atoms with Gasteiger partial charge in [0.2, 0.25) is 4.96 Å². The predicted octanol–water partition coefficient (Wildman–Crippen LogP) is 3.21. The summed E-state index contributed by atoms with van der Waals surface area (Å²) in [5, 5.41) is 8.60. The minimum absolute atomic E-state index is 0.0634. The molecule has 0 aliphatic carbocycles. The van der Waals surface area contributed by atoms with Gasteiger partial charge < -0.3 is 5.32 Å². The third-order valence-electron chi connectivity index (χ3n) is 3.90. The van der Waals surface area contributed by atoms with Gasteiger partial charge in [-0.05, 0) is 38.8 Å². The Morgan fingerprint density at radius 1 is 1.30 bits per heavy atom. The van der Waals surface area contributed by atoms with E-state index in [-0.39, 0.29) is 5.91 Å². The van der Waals surface area contributed by atoms with E-state index in [0.29, 0.717) is 6.54 Å². The first-order valence-electron chi connectivity index (χ1n) is 7.69. The summed E-state index contributed by atoms with van der Waals surface area (Å²) in [6.07, 6.45) is 0.890. The zero-order chi connectivity index (χ0) is 16.6. The van der Waals surface area contributed by atoms with Crippen molar-refractivity contribution in [2.24, 2.45) is 0 Å². The Hall–Kier alpha value is -2.21. The lowest BCUT2D eigenvalue weighted by Gasteiger charge is -2.08. The standard InChI is InChI=1S/C17H20N4OS/c1-5-15-20-21-14(12(4)19-17(21)23-15)9-18-16(22)13-8-10(2)6-7-11(13)3/h6-8H,5,9H2,1-4H3,(H,18,22). The minimum atomic E-state index is -0.0634. The number of imidazole rings is 1. The Labute approximate surface area is 139 Å². The van der Waals surface area contributed by atoms with Gasteiger partial charge in [-0.25, -0.2) is 9.50 Å². The van der Waals surface area contributed by atoms with E-state index in [1.54, 1.807) is 11.3 Å². The molecule has 23 heavy (non-hydrogen) atoms. The lowest BCUT2D eigenvalue weighted by molar-refractivity contribution is 0.0949. The number of carbonyl (C=O) groups excluding carboxylic acids is 1. The molecule has 0 atom stereocenters. The largest absolute Gasteiger partial charge is 0.346 e. The van der Waals surface area contributed by atoms with Crippen LogP contribution in [0.4, 0.5) is 0 Å². The third-order valence-corrected chi connectivity index (χ3v) is 4.95. The maximum atomic E-state index is 12.5. The monoisotopic (exact) mass is 328 g/mol. The molecule has 0 fully saturated rings. The van der Waals surface area contributed by atoms with Crippen LogP contribution in [-0.2, 0) is 13.0 Å². The van der Waals surface area contributed by atoms with Gasteiger partial charge in [0.15, 0.2) is 0 Å². The van der Waals surface area contributed by atoms with E-state index in [1.807, 2.05) is 43.5 Å². The zero-order valence-electron chi connectivity index (χ0n) is 13.8. The number of rotatable bonds is 4.